The standard InChI is InChI=1S/C15H24O3/c1-9(8-16)11-6-14(3)10(2)4-5-13-15(14,18-13)7-12(11)17/h10-13,16-17H,1,4-8H2,2-3H3/t10-,11-,12+,13+,14+,15+/m0/s1. The van der Waals surface area contributed by atoms with Crippen LogP contribution < -0.4 is 0 Å². The molecular weight excluding hydrogens is 228 g/mol. The smallest absolute Gasteiger partial charge is 0.103 e. The Balaban J connectivity index is 1.90. The Bertz CT molecular complexity index is 380. The minimum absolute atomic E-state index is 0.0241. The number of aliphatic hydroxyl groups is 2. The third kappa shape index (κ3) is 1.41. The van der Waals surface area contributed by atoms with Gasteiger partial charge in [0.05, 0.1) is 18.8 Å². The van der Waals surface area contributed by atoms with Crippen molar-refractivity contribution in [1.82, 2.24) is 0 Å². The molecule has 18 heavy (non-hydrogen) atoms. The third-order valence-corrected chi connectivity index (χ3v) is 6.08. The SMILES string of the molecule is C=C(CO)[C@@H]1C[C@]2(C)[C@@H](C)CC[C@H]3O[C@]32C[C@H]1O. The van der Waals surface area contributed by atoms with Gasteiger partial charge in [-0.15, -0.1) is 0 Å². The number of rotatable bonds is 2. The van der Waals surface area contributed by atoms with Crippen LogP contribution in [0.4, 0.5) is 0 Å². The molecule has 1 heterocycles. The fourth-order valence-electron chi connectivity index (χ4n) is 4.52. The van der Waals surface area contributed by atoms with Crippen LogP contribution in [-0.2, 0) is 4.74 Å². The van der Waals surface area contributed by atoms with Crippen LogP contribution in [0.15, 0.2) is 12.2 Å². The van der Waals surface area contributed by atoms with Gasteiger partial charge in [-0.3, -0.25) is 0 Å². The number of ether oxygens (including phenoxy) is 1. The van der Waals surface area contributed by atoms with Crippen LogP contribution in [-0.4, -0.2) is 34.6 Å². The lowest BCUT2D eigenvalue weighted by molar-refractivity contribution is -0.0681. The summed E-state index contributed by atoms with van der Waals surface area (Å²) in [6.45, 7) is 8.51. The summed E-state index contributed by atoms with van der Waals surface area (Å²) in [5.41, 5.74) is 0.808. The van der Waals surface area contributed by atoms with Gasteiger partial charge in [0.1, 0.15) is 5.60 Å². The van der Waals surface area contributed by atoms with Gasteiger partial charge in [0.25, 0.3) is 0 Å². The summed E-state index contributed by atoms with van der Waals surface area (Å²) >= 11 is 0. The topological polar surface area (TPSA) is 53.0 Å². The van der Waals surface area contributed by atoms with Gasteiger partial charge in [-0.2, -0.15) is 0 Å². The second-order valence-corrected chi connectivity index (χ2v) is 6.79. The monoisotopic (exact) mass is 252 g/mol. The molecule has 0 radical (unpaired) electrons. The highest BCUT2D eigenvalue weighted by atomic mass is 16.6. The molecule has 3 fully saturated rings. The lowest BCUT2D eigenvalue weighted by atomic mass is 9.52. The van der Waals surface area contributed by atoms with E-state index < -0.39 is 6.10 Å². The van der Waals surface area contributed by atoms with E-state index in [9.17, 15) is 10.2 Å². The summed E-state index contributed by atoms with van der Waals surface area (Å²) < 4.78 is 6.02. The van der Waals surface area contributed by atoms with Gasteiger partial charge in [-0.05, 0) is 30.8 Å². The minimum atomic E-state index is -0.409. The molecule has 1 saturated heterocycles. The average Bonchev–Trinajstić information content (AvgIpc) is 3.05. The van der Waals surface area contributed by atoms with Gasteiger partial charge >= 0.3 is 0 Å². The molecule has 3 heteroatoms. The molecule has 2 saturated carbocycles. The van der Waals surface area contributed by atoms with Gasteiger partial charge in [0.15, 0.2) is 0 Å². The molecular formula is C15H24O3. The van der Waals surface area contributed by atoms with Gasteiger partial charge in [0.2, 0.25) is 0 Å². The second kappa shape index (κ2) is 3.81. The normalized spacial score (nSPS) is 54.4. The Morgan fingerprint density at radius 2 is 2.11 bits per heavy atom. The highest BCUT2D eigenvalue weighted by Crippen LogP contribution is 2.67. The van der Waals surface area contributed by atoms with Crippen LogP contribution in [0.3, 0.4) is 0 Å². The van der Waals surface area contributed by atoms with E-state index in [0.29, 0.717) is 18.4 Å². The predicted molar refractivity (Wildman–Crippen MR) is 69.1 cm³/mol. The molecule has 3 aliphatic rings. The number of hydrogen-bond acceptors (Lipinski definition) is 3. The van der Waals surface area contributed by atoms with Crippen LogP contribution in [0.5, 0.6) is 0 Å². The molecule has 2 N–H and O–H groups in total. The Hall–Kier alpha value is -0.380. The van der Waals surface area contributed by atoms with Crippen molar-refractivity contribution in [3.63, 3.8) is 0 Å². The Kier molecular flexibility index (Phi) is 2.68. The first kappa shape index (κ1) is 12.6. The zero-order chi connectivity index (χ0) is 13.1. The minimum Gasteiger partial charge on any atom is -0.392 e. The van der Waals surface area contributed by atoms with Crippen LogP contribution in [0.2, 0.25) is 0 Å². The first-order chi connectivity index (χ1) is 8.44. The van der Waals surface area contributed by atoms with E-state index in [1.165, 1.54) is 6.42 Å². The fourth-order valence-corrected chi connectivity index (χ4v) is 4.52. The molecule has 3 nitrogen and oxygen atoms in total. The molecule has 3 rings (SSSR count). The molecule has 2 aliphatic carbocycles. The van der Waals surface area contributed by atoms with Crippen molar-refractivity contribution in [1.29, 1.82) is 0 Å². The predicted octanol–water partition coefficient (Wildman–Crippen LogP) is 1.88. The lowest BCUT2D eigenvalue weighted by Crippen LogP contribution is -2.54. The molecule has 0 aromatic rings. The first-order valence-corrected chi connectivity index (χ1v) is 7.09. The highest BCUT2D eigenvalue weighted by Gasteiger charge is 2.72. The molecule has 0 bridgehead atoms. The van der Waals surface area contributed by atoms with Gasteiger partial charge in [0, 0.05) is 17.8 Å². The van der Waals surface area contributed by atoms with Crippen molar-refractivity contribution >= 4 is 0 Å². The molecule has 0 amide bonds. The molecule has 1 spiro atoms. The summed E-state index contributed by atoms with van der Waals surface area (Å²) in [5.74, 6) is 0.633. The number of hydrogen-bond donors (Lipinski definition) is 2. The van der Waals surface area contributed by atoms with Crippen molar-refractivity contribution in [2.45, 2.75) is 57.3 Å². The zero-order valence-corrected chi connectivity index (χ0v) is 11.4. The van der Waals surface area contributed by atoms with Gasteiger partial charge in [-0.1, -0.05) is 20.4 Å². The molecule has 6 atom stereocenters. The summed E-state index contributed by atoms with van der Waals surface area (Å²) in [4.78, 5) is 0. The van der Waals surface area contributed by atoms with E-state index in [2.05, 4.69) is 20.4 Å². The van der Waals surface area contributed by atoms with Crippen molar-refractivity contribution in [3.8, 4) is 0 Å². The zero-order valence-electron chi connectivity index (χ0n) is 11.4. The maximum absolute atomic E-state index is 10.4. The third-order valence-electron chi connectivity index (χ3n) is 6.08. The number of aliphatic hydroxyl groups excluding tert-OH is 2. The number of epoxide rings is 1. The Morgan fingerprint density at radius 1 is 1.39 bits per heavy atom. The highest BCUT2D eigenvalue weighted by molar-refractivity contribution is 5.23. The van der Waals surface area contributed by atoms with Crippen LogP contribution in [0.25, 0.3) is 0 Å². The quantitative estimate of drug-likeness (QED) is 0.583. The summed E-state index contributed by atoms with van der Waals surface area (Å²) in [6.07, 6.45) is 3.89. The van der Waals surface area contributed by atoms with E-state index in [4.69, 9.17) is 4.74 Å². The summed E-state index contributed by atoms with van der Waals surface area (Å²) in [6, 6.07) is 0. The van der Waals surface area contributed by atoms with Crippen molar-refractivity contribution in [2.24, 2.45) is 17.3 Å². The van der Waals surface area contributed by atoms with Crippen LogP contribution >= 0.6 is 0 Å². The fraction of sp³-hybridized carbons (Fsp3) is 0.867. The van der Waals surface area contributed by atoms with Crippen molar-refractivity contribution < 1.29 is 14.9 Å². The second-order valence-electron chi connectivity index (χ2n) is 6.79. The Morgan fingerprint density at radius 3 is 2.78 bits per heavy atom. The van der Waals surface area contributed by atoms with E-state index in [0.717, 1.165) is 18.4 Å². The Labute approximate surface area is 109 Å². The molecule has 0 aromatic heterocycles. The van der Waals surface area contributed by atoms with E-state index in [1.54, 1.807) is 0 Å². The van der Waals surface area contributed by atoms with E-state index in [-0.39, 0.29) is 23.5 Å². The maximum atomic E-state index is 10.4. The van der Waals surface area contributed by atoms with Crippen molar-refractivity contribution in [2.75, 3.05) is 6.61 Å². The molecule has 0 aromatic carbocycles. The molecule has 1 aliphatic heterocycles. The van der Waals surface area contributed by atoms with Gasteiger partial charge in [-0.25, -0.2) is 0 Å². The van der Waals surface area contributed by atoms with Gasteiger partial charge < -0.3 is 14.9 Å². The van der Waals surface area contributed by atoms with Crippen LogP contribution in [0.1, 0.15) is 39.5 Å². The lowest BCUT2D eigenvalue weighted by Gasteiger charge is -2.51. The summed E-state index contributed by atoms with van der Waals surface area (Å²) in [7, 11) is 0. The molecule has 102 valence electrons. The van der Waals surface area contributed by atoms with E-state index in [1.807, 2.05) is 0 Å². The average molecular weight is 252 g/mol. The summed E-state index contributed by atoms with van der Waals surface area (Å²) in [5, 5.41) is 19.6. The van der Waals surface area contributed by atoms with Crippen LogP contribution in [0, 0.1) is 17.3 Å². The maximum Gasteiger partial charge on any atom is 0.103 e. The molecule has 0 unspecified atom stereocenters. The first-order valence-electron chi connectivity index (χ1n) is 7.09. The largest absolute Gasteiger partial charge is 0.392 e. The van der Waals surface area contributed by atoms with E-state index >= 15 is 0 Å². The van der Waals surface area contributed by atoms with Crippen molar-refractivity contribution in [3.05, 3.63) is 12.2 Å².